The van der Waals surface area contributed by atoms with Crippen LogP contribution in [-0.2, 0) is 9.53 Å². The van der Waals surface area contributed by atoms with Gasteiger partial charge >= 0.3 is 6.03 Å². The minimum absolute atomic E-state index is 0.0409. The van der Waals surface area contributed by atoms with Gasteiger partial charge in [-0.05, 0) is 19.9 Å². The topological polar surface area (TPSA) is 73.9 Å². The molecule has 21 heavy (non-hydrogen) atoms. The number of likely N-dealkylation sites (tertiary alicyclic amines) is 1. The Bertz CT molecular complexity index is 409. The number of urea groups is 1. The van der Waals surface area contributed by atoms with Gasteiger partial charge in [0.05, 0.1) is 19.1 Å². The van der Waals surface area contributed by atoms with E-state index in [1.54, 1.807) is 0 Å². The second-order valence-corrected chi connectivity index (χ2v) is 6.02. The summed E-state index contributed by atoms with van der Waals surface area (Å²) in [7, 11) is 1.87. The highest BCUT2D eigenvalue weighted by Crippen LogP contribution is 2.22. The number of nitrogens with one attached hydrogen (secondary N) is 2. The number of ether oxygens (including phenoxy) is 1. The van der Waals surface area contributed by atoms with E-state index < -0.39 is 0 Å². The Morgan fingerprint density at radius 3 is 2.67 bits per heavy atom. The maximum atomic E-state index is 12.6. The second kappa shape index (κ2) is 6.19. The molecule has 7 heteroatoms. The van der Waals surface area contributed by atoms with Crippen molar-refractivity contribution >= 4 is 11.9 Å². The molecule has 3 aliphatic heterocycles. The van der Waals surface area contributed by atoms with Gasteiger partial charge in [0, 0.05) is 38.3 Å². The number of amides is 3. The monoisotopic (exact) mass is 296 g/mol. The van der Waals surface area contributed by atoms with E-state index in [2.05, 4.69) is 10.6 Å². The molecule has 3 amide bonds. The number of likely N-dealkylation sites (N-methyl/N-ethyl adjacent to an activating group) is 1. The quantitative estimate of drug-likeness (QED) is 0.718. The molecule has 0 aromatic carbocycles. The van der Waals surface area contributed by atoms with Crippen LogP contribution in [0.25, 0.3) is 0 Å². The van der Waals surface area contributed by atoms with Gasteiger partial charge in [-0.25, -0.2) is 4.79 Å². The molecular weight excluding hydrogens is 272 g/mol. The third-order valence-electron chi connectivity index (χ3n) is 4.88. The van der Waals surface area contributed by atoms with Gasteiger partial charge in [0.15, 0.2) is 0 Å². The van der Waals surface area contributed by atoms with Crippen LogP contribution in [0.4, 0.5) is 4.79 Å². The molecule has 0 aromatic heterocycles. The van der Waals surface area contributed by atoms with Gasteiger partial charge in [-0.1, -0.05) is 0 Å². The first-order valence-electron chi connectivity index (χ1n) is 7.79. The zero-order valence-electron chi connectivity index (χ0n) is 12.5. The number of hydrogen-bond acceptors (Lipinski definition) is 4. The summed E-state index contributed by atoms with van der Waals surface area (Å²) in [4.78, 5) is 28.1. The maximum absolute atomic E-state index is 12.6. The van der Waals surface area contributed by atoms with E-state index in [1.807, 2.05) is 16.8 Å². The summed E-state index contributed by atoms with van der Waals surface area (Å²) in [5.74, 6) is 0.123. The van der Waals surface area contributed by atoms with Gasteiger partial charge in [0.25, 0.3) is 0 Å². The van der Waals surface area contributed by atoms with Gasteiger partial charge in [0.2, 0.25) is 5.91 Å². The van der Waals surface area contributed by atoms with E-state index in [-0.39, 0.29) is 29.9 Å². The van der Waals surface area contributed by atoms with Crippen LogP contribution in [-0.4, -0.2) is 80.3 Å². The smallest absolute Gasteiger partial charge is 0.317 e. The SMILES string of the molecule is CNC1COCC1C(=O)N1CCC(N2CCNC2=O)CC1. The van der Waals surface area contributed by atoms with Gasteiger partial charge in [-0.2, -0.15) is 0 Å². The average molecular weight is 296 g/mol. The molecule has 3 heterocycles. The van der Waals surface area contributed by atoms with E-state index in [4.69, 9.17) is 4.74 Å². The van der Waals surface area contributed by atoms with Crippen LogP contribution in [0.15, 0.2) is 0 Å². The predicted octanol–water partition coefficient (Wildman–Crippen LogP) is -0.763. The van der Waals surface area contributed by atoms with E-state index in [1.165, 1.54) is 0 Å². The summed E-state index contributed by atoms with van der Waals surface area (Å²) in [5, 5.41) is 6.00. The fourth-order valence-electron chi connectivity index (χ4n) is 3.55. The maximum Gasteiger partial charge on any atom is 0.317 e. The molecule has 3 rings (SSSR count). The summed E-state index contributed by atoms with van der Waals surface area (Å²) in [6.45, 7) is 4.12. The molecule has 3 saturated heterocycles. The van der Waals surface area contributed by atoms with Crippen LogP contribution >= 0.6 is 0 Å². The first-order valence-corrected chi connectivity index (χ1v) is 7.79. The molecule has 0 aromatic rings. The Hall–Kier alpha value is -1.34. The van der Waals surface area contributed by atoms with Gasteiger partial charge in [-0.3, -0.25) is 4.79 Å². The van der Waals surface area contributed by atoms with Crippen LogP contribution in [0.2, 0.25) is 0 Å². The van der Waals surface area contributed by atoms with Crippen LogP contribution in [0.5, 0.6) is 0 Å². The molecule has 2 N–H and O–H groups in total. The molecule has 0 saturated carbocycles. The number of hydrogen-bond donors (Lipinski definition) is 2. The molecule has 118 valence electrons. The van der Waals surface area contributed by atoms with Crippen molar-refractivity contribution < 1.29 is 14.3 Å². The summed E-state index contributed by atoms with van der Waals surface area (Å²) in [6.07, 6.45) is 1.74. The van der Waals surface area contributed by atoms with Crippen molar-refractivity contribution in [2.75, 3.05) is 46.4 Å². The fraction of sp³-hybridized carbons (Fsp3) is 0.857. The highest BCUT2D eigenvalue weighted by atomic mass is 16.5. The molecule has 2 atom stereocenters. The zero-order valence-corrected chi connectivity index (χ0v) is 12.5. The minimum Gasteiger partial charge on any atom is -0.379 e. The van der Waals surface area contributed by atoms with E-state index in [0.29, 0.717) is 13.2 Å². The Balaban J connectivity index is 1.53. The molecular formula is C14H24N4O3. The lowest BCUT2D eigenvalue weighted by Gasteiger charge is -2.37. The van der Waals surface area contributed by atoms with E-state index in [0.717, 1.165) is 39.0 Å². The molecule has 0 aliphatic carbocycles. The third-order valence-corrected chi connectivity index (χ3v) is 4.88. The average Bonchev–Trinajstić information content (AvgIpc) is 3.15. The lowest BCUT2D eigenvalue weighted by molar-refractivity contribution is -0.137. The molecule has 3 aliphatic rings. The van der Waals surface area contributed by atoms with Crippen LogP contribution < -0.4 is 10.6 Å². The molecule has 0 radical (unpaired) electrons. The van der Waals surface area contributed by atoms with Crippen molar-refractivity contribution in [3.63, 3.8) is 0 Å². The second-order valence-electron chi connectivity index (χ2n) is 6.02. The fourth-order valence-corrected chi connectivity index (χ4v) is 3.55. The third kappa shape index (κ3) is 2.85. The number of carbonyl (C=O) groups is 2. The van der Waals surface area contributed by atoms with Crippen LogP contribution in [0.1, 0.15) is 12.8 Å². The van der Waals surface area contributed by atoms with Gasteiger partial charge in [-0.15, -0.1) is 0 Å². The van der Waals surface area contributed by atoms with Crippen LogP contribution in [0.3, 0.4) is 0 Å². The van der Waals surface area contributed by atoms with Crippen molar-refractivity contribution in [2.45, 2.75) is 24.9 Å². The normalized spacial score (nSPS) is 30.8. The van der Waals surface area contributed by atoms with Crippen molar-refractivity contribution in [3.8, 4) is 0 Å². The van der Waals surface area contributed by atoms with Gasteiger partial charge in [0.1, 0.15) is 0 Å². The Morgan fingerprint density at radius 2 is 2.05 bits per heavy atom. The molecule has 7 nitrogen and oxygen atoms in total. The van der Waals surface area contributed by atoms with Crippen molar-refractivity contribution in [1.82, 2.24) is 20.4 Å². The Labute approximate surface area is 125 Å². The molecule has 3 fully saturated rings. The zero-order chi connectivity index (χ0) is 14.8. The number of rotatable bonds is 3. The first-order chi connectivity index (χ1) is 10.2. The Morgan fingerprint density at radius 1 is 1.29 bits per heavy atom. The van der Waals surface area contributed by atoms with E-state index in [9.17, 15) is 9.59 Å². The summed E-state index contributed by atoms with van der Waals surface area (Å²) < 4.78 is 5.42. The molecule has 0 bridgehead atoms. The highest BCUT2D eigenvalue weighted by molar-refractivity contribution is 5.80. The van der Waals surface area contributed by atoms with Crippen molar-refractivity contribution in [3.05, 3.63) is 0 Å². The largest absolute Gasteiger partial charge is 0.379 e. The minimum atomic E-state index is -0.0679. The lowest BCUT2D eigenvalue weighted by Crippen LogP contribution is -2.51. The standard InChI is InChI=1S/C14H24N4O3/c1-15-12-9-21-8-11(12)13(19)17-5-2-10(3-6-17)18-7-4-16-14(18)20/h10-12,15H,2-9H2,1H3,(H,16,20). The van der Waals surface area contributed by atoms with E-state index >= 15 is 0 Å². The molecule has 0 spiro atoms. The highest BCUT2D eigenvalue weighted by Gasteiger charge is 2.38. The van der Waals surface area contributed by atoms with Crippen LogP contribution in [0, 0.1) is 5.92 Å². The van der Waals surface area contributed by atoms with Crippen molar-refractivity contribution in [2.24, 2.45) is 5.92 Å². The first kappa shape index (κ1) is 14.6. The van der Waals surface area contributed by atoms with Gasteiger partial charge < -0.3 is 25.2 Å². The summed E-state index contributed by atoms with van der Waals surface area (Å²) >= 11 is 0. The van der Waals surface area contributed by atoms with Crippen molar-refractivity contribution in [1.29, 1.82) is 0 Å². The summed E-state index contributed by atoms with van der Waals surface area (Å²) in [5.41, 5.74) is 0. The molecule has 2 unspecified atom stereocenters. The lowest BCUT2D eigenvalue weighted by atomic mass is 9.98. The Kier molecular flexibility index (Phi) is 4.30. The summed E-state index contributed by atoms with van der Waals surface area (Å²) in [6, 6.07) is 0.440. The number of nitrogens with zero attached hydrogens (tertiary/aromatic N) is 2. The predicted molar refractivity (Wildman–Crippen MR) is 76.9 cm³/mol. The number of carbonyl (C=O) groups excluding carboxylic acids is 2. The number of piperidine rings is 1.